The molecule has 8 saturated carbocycles. The van der Waals surface area contributed by atoms with E-state index < -0.39 is 0 Å². The van der Waals surface area contributed by atoms with Crippen LogP contribution in [0.1, 0.15) is 219 Å². The molecule has 8 fully saturated rings. The molecule has 0 radical (unpaired) electrons. The molecule has 2 nitrogen and oxygen atoms in total. The summed E-state index contributed by atoms with van der Waals surface area (Å²) in [5, 5.41) is 0. The van der Waals surface area contributed by atoms with Crippen molar-refractivity contribution in [1.82, 2.24) is 9.80 Å². The maximum Gasteiger partial charge on any atom is 0.0132 e. The first-order valence-electron chi connectivity index (χ1n) is 24.8. The monoisotopic (exact) mass is 715 g/mol. The van der Waals surface area contributed by atoms with Crippen LogP contribution in [0, 0.1) is 47.3 Å². The van der Waals surface area contributed by atoms with Crippen LogP contribution in [0.5, 0.6) is 0 Å². The maximum absolute atomic E-state index is 3.29. The lowest BCUT2D eigenvalue weighted by Crippen LogP contribution is -2.57. The first kappa shape index (κ1) is 38.5. The number of nitrogens with zero attached hydrogens (tertiary/aromatic N) is 2. The molecule has 0 amide bonds. The van der Waals surface area contributed by atoms with Gasteiger partial charge in [0.05, 0.1) is 0 Å². The number of fused-ring (bicyclic) bond motifs is 1. The van der Waals surface area contributed by atoms with Crippen LogP contribution in [-0.2, 0) is 0 Å². The van der Waals surface area contributed by atoms with Crippen LogP contribution in [0.2, 0.25) is 0 Å². The third kappa shape index (κ3) is 9.26. The summed E-state index contributed by atoms with van der Waals surface area (Å²) in [5.74, 6) is 7.73. The fourth-order valence-corrected chi connectivity index (χ4v) is 15.2. The number of allylic oxidation sites excluding steroid dienone is 2. The molecule has 0 N–H and O–H groups in total. The molecule has 0 heterocycles. The topological polar surface area (TPSA) is 6.48 Å². The highest BCUT2D eigenvalue weighted by Crippen LogP contribution is 2.50. The van der Waals surface area contributed by atoms with E-state index in [4.69, 9.17) is 0 Å². The van der Waals surface area contributed by atoms with E-state index in [0.717, 1.165) is 83.6 Å². The normalized spacial score (nSPS) is 43.5. The maximum atomic E-state index is 3.29. The predicted octanol–water partition coefficient (Wildman–Crippen LogP) is 13.9. The zero-order valence-corrected chi connectivity index (χ0v) is 34.8. The molecular weight excluding hydrogens is 629 g/mol. The lowest BCUT2D eigenvalue weighted by Gasteiger charge is -2.55. The molecule has 52 heavy (non-hydrogen) atoms. The van der Waals surface area contributed by atoms with E-state index in [1.54, 1.807) is 12.8 Å². The van der Waals surface area contributed by atoms with Gasteiger partial charge in [0.2, 0.25) is 0 Å². The molecule has 8 aliphatic carbocycles. The average molecular weight is 715 g/mol. The molecule has 4 atom stereocenters. The lowest BCUT2D eigenvalue weighted by molar-refractivity contribution is -0.0478. The fourth-order valence-electron chi connectivity index (χ4n) is 15.2. The van der Waals surface area contributed by atoms with Gasteiger partial charge in [-0.1, -0.05) is 77.4 Å². The fraction of sp³-hybridized carbons (Fsp3) is 0.960. The molecule has 0 spiro atoms. The highest BCUT2D eigenvalue weighted by molar-refractivity contribution is 5.05. The predicted molar refractivity (Wildman–Crippen MR) is 223 cm³/mol. The highest BCUT2D eigenvalue weighted by Gasteiger charge is 2.46. The van der Waals surface area contributed by atoms with Crippen LogP contribution >= 0.6 is 0 Å². The second-order valence-corrected chi connectivity index (χ2v) is 21.4. The van der Waals surface area contributed by atoms with Gasteiger partial charge in [-0.3, -0.25) is 9.80 Å². The van der Waals surface area contributed by atoms with Crippen molar-refractivity contribution in [3.8, 4) is 0 Å². The summed E-state index contributed by atoms with van der Waals surface area (Å²) in [4.78, 5) is 6.49. The van der Waals surface area contributed by atoms with Gasteiger partial charge in [0.1, 0.15) is 0 Å². The molecule has 296 valence electrons. The van der Waals surface area contributed by atoms with Gasteiger partial charge in [-0.15, -0.1) is 0 Å². The molecule has 0 saturated heterocycles. The number of rotatable bonds is 9. The van der Waals surface area contributed by atoms with Crippen LogP contribution in [0.25, 0.3) is 0 Å². The highest BCUT2D eigenvalue weighted by atomic mass is 15.2. The van der Waals surface area contributed by atoms with Gasteiger partial charge in [0.25, 0.3) is 0 Å². The Bertz CT molecular complexity index is 1010. The van der Waals surface area contributed by atoms with Crippen molar-refractivity contribution < 1.29 is 0 Å². The van der Waals surface area contributed by atoms with Crippen LogP contribution < -0.4 is 0 Å². The molecule has 4 unspecified atom stereocenters. The summed E-state index contributed by atoms with van der Waals surface area (Å²) < 4.78 is 0. The minimum atomic E-state index is 0.880. The minimum absolute atomic E-state index is 0.880. The Hall–Kier alpha value is -0.340. The van der Waals surface area contributed by atoms with E-state index in [2.05, 4.69) is 35.8 Å². The van der Waals surface area contributed by atoms with Crippen LogP contribution in [0.15, 0.2) is 12.2 Å². The summed E-state index contributed by atoms with van der Waals surface area (Å²) in [7, 11) is 0. The third-order valence-electron chi connectivity index (χ3n) is 18.2. The van der Waals surface area contributed by atoms with Gasteiger partial charge in [0, 0.05) is 36.3 Å². The van der Waals surface area contributed by atoms with Crippen molar-refractivity contribution in [2.24, 2.45) is 47.3 Å². The Morgan fingerprint density at radius 2 is 0.750 bits per heavy atom. The first-order chi connectivity index (χ1) is 25.6. The van der Waals surface area contributed by atoms with Crippen molar-refractivity contribution in [3.05, 3.63) is 12.2 Å². The average Bonchev–Trinajstić information content (AvgIpc) is 3.20. The third-order valence-corrected chi connectivity index (χ3v) is 18.2. The van der Waals surface area contributed by atoms with E-state index in [1.165, 1.54) is 193 Å². The number of hydrogen-bond acceptors (Lipinski definition) is 2. The van der Waals surface area contributed by atoms with Gasteiger partial charge in [0.15, 0.2) is 0 Å². The second-order valence-electron chi connectivity index (χ2n) is 21.4. The number of hydrogen-bond donors (Lipinski definition) is 0. The van der Waals surface area contributed by atoms with E-state index >= 15 is 0 Å². The summed E-state index contributed by atoms with van der Waals surface area (Å²) in [5.41, 5.74) is 0. The Kier molecular flexibility index (Phi) is 13.9. The zero-order valence-electron chi connectivity index (χ0n) is 34.8. The smallest absolute Gasteiger partial charge is 0.0132 e. The van der Waals surface area contributed by atoms with E-state index in [-0.39, 0.29) is 0 Å². The zero-order chi connectivity index (χ0) is 35.3. The molecule has 0 aromatic rings. The Balaban J connectivity index is 0.839. The SMILES string of the molecule is CC1CCC(N(C2CCC(C)CC2)C2CCC(/C=C/C3CCC(C4CCC(N(C5CCCCC5)C5CCCCC5)CC4)CC3)C3CCCCC32)CC1. The Morgan fingerprint density at radius 3 is 1.29 bits per heavy atom. The van der Waals surface area contributed by atoms with Gasteiger partial charge < -0.3 is 0 Å². The Morgan fingerprint density at radius 1 is 0.327 bits per heavy atom. The molecule has 2 heteroatoms. The second kappa shape index (κ2) is 18.7. The summed E-state index contributed by atoms with van der Waals surface area (Å²) in [6, 6.07) is 5.47. The van der Waals surface area contributed by atoms with Crippen molar-refractivity contribution in [2.75, 3.05) is 0 Å². The summed E-state index contributed by atoms with van der Waals surface area (Å²) >= 11 is 0. The Labute approximate surface area is 323 Å². The largest absolute Gasteiger partial charge is 0.294 e. The van der Waals surface area contributed by atoms with Crippen LogP contribution in [-0.4, -0.2) is 46.1 Å². The minimum Gasteiger partial charge on any atom is -0.294 e. The van der Waals surface area contributed by atoms with Gasteiger partial charge in [-0.2, -0.15) is 0 Å². The van der Waals surface area contributed by atoms with Crippen molar-refractivity contribution in [1.29, 1.82) is 0 Å². The van der Waals surface area contributed by atoms with E-state index in [0.29, 0.717) is 0 Å². The molecule has 0 aromatic heterocycles. The van der Waals surface area contributed by atoms with Crippen molar-refractivity contribution in [2.45, 2.75) is 256 Å². The lowest BCUT2D eigenvalue weighted by atomic mass is 9.62. The molecular formula is C50H86N2. The molecule has 8 rings (SSSR count). The molecule has 0 aromatic carbocycles. The summed E-state index contributed by atoms with van der Waals surface area (Å²) in [6.07, 6.45) is 53.9. The first-order valence-corrected chi connectivity index (χ1v) is 24.8. The molecule has 0 aliphatic heterocycles. The van der Waals surface area contributed by atoms with Crippen molar-refractivity contribution >= 4 is 0 Å². The van der Waals surface area contributed by atoms with Crippen molar-refractivity contribution in [3.63, 3.8) is 0 Å². The van der Waals surface area contributed by atoms with Crippen LogP contribution in [0.3, 0.4) is 0 Å². The van der Waals surface area contributed by atoms with Gasteiger partial charge in [-0.25, -0.2) is 0 Å². The van der Waals surface area contributed by atoms with Gasteiger partial charge in [-0.05, 0) is 201 Å². The van der Waals surface area contributed by atoms with Gasteiger partial charge >= 0.3 is 0 Å². The molecule has 8 aliphatic rings. The van der Waals surface area contributed by atoms with Crippen LogP contribution in [0.4, 0.5) is 0 Å². The van der Waals surface area contributed by atoms with E-state index in [1.807, 2.05) is 0 Å². The quantitative estimate of drug-likeness (QED) is 0.219. The standard InChI is InChI=1S/C50H86N2/c1-37-17-30-46(31-18-37)52(47-32-19-38(2)20-33-47)50-36-29-42(48-15-9-10-16-49(48)50)26-23-39-21-24-40(25-22-39)41-27-34-45(35-28-41)51(43-11-5-3-6-12-43)44-13-7-4-8-14-44/h23,26,37-50H,3-22,24-25,27-36H2,1-2H3/b26-23+. The van der Waals surface area contributed by atoms with E-state index in [9.17, 15) is 0 Å². The summed E-state index contributed by atoms with van der Waals surface area (Å²) in [6.45, 7) is 5.05. The molecule has 0 bridgehead atoms.